The normalized spacial score (nSPS) is 15.7. The molecule has 1 fully saturated rings. The van der Waals surface area contributed by atoms with Crippen LogP contribution in [0.5, 0.6) is 5.75 Å². The van der Waals surface area contributed by atoms with Gasteiger partial charge in [-0.1, -0.05) is 32.9 Å². The van der Waals surface area contributed by atoms with Crippen molar-refractivity contribution < 1.29 is 4.74 Å². The van der Waals surface area contributed by atoms with E-state index >= 15 is 0 Å². The minimum atomic E-state index is 0.187. The van der Waals surface area contributed by atoms with Gasteiger partial charge < -0.3 is 10.1 Å². The number of benzene rings is 1. The topological polar surface area (TPSA) is 21.3 Å². The average Bonchev–Trinajstić information content (AvgIpc) is 3.12. The molecular formula is C16H25NO. The van der Waals surface area contributed by atoms with Crippen molar-refractivity contribution in [3.63, 3.8) is 0 Å². The van der Waals surface area contributed by atoms with Crippen LogP contribution >= 0.6 is 0 Å². The highest BCUT2D eigenvalue weighted by Gasteiger charge is 2.19. The zero-order valence-corrected chi connectivity index (χ0v) is 11.8. The molecule has 100 valence electrons. The maximum absolute atomic E-state index is 5.80. The van der Waals surface area contributed by atoms with E-state index in [-0.39, 0.29) is 5.41 Å². The first-order valence-corrected chi connectivity index (χ1v) is 7.02. The van der Waals surface area contributed by atoms with E-state index in [2.05, 4.69) is 44.3 Å². The molecule has 2 nitrogen and oxygen atoms in total. The number of hydrogen-bond acceptors (Lipinski definition) is 2. The summed E-state index contributed by atoms with van der Waals surface area (Å²) in [7, 11) is 0. The zero-order chi connectivity index (χ0) is 13.0. The molecule has 2 heteroatoms. The van der Waals surface area contributed by atoms with Crippen LogP contribution in [0.15, 0.2) is 24.3 Å². The van der Waals surface area contributed by atoms with Crippen molar-refractivity contribution in [1.29, 1.82) is 0 Å². The van der Waals surface area contributed by atoms with E-state index in [4.69, 9.17) is 4.74 Å². The van der Waals surface area contributed by atoms with E-state index in [1.54, 1.807) is 0 Å². The Morgan fingerprint density at radius 3 is 2.72 bits per heavy atom. The summed E-state index contributed by atoms with van der Waals surface area (Å²) >= 11 is 0. The predicted octanol–water partition coefficient (Wildman–Crippen LogP) is 3.51. The molecule has 0 heterocycles. The van der Waals surface area contributed by atoms with Gasteiger partial charge in [0, 0.05) is 6.04 Å². The van der Waals surface area contributed by atoms with Crippen LogP contribution in [0.1, 0.15) is 45.6 Å². The van der Waals surface area contributed by atoms with Gasteiger partial charge in [-0.2, -0.15) is 0 Å². The lowest BCUT2D eigenvalue weighted by Gasteiger charge is -2.19. The van der Waals surface area contributed by atoms with Crippen LogP contribution in [0.3, 0.4) is 0 Å². The Morgan fingerprint density at radius 2 is 2.06 bits per heavy atom. The van der Waals surface area contributed by atoms with Crippen molar-refractivity contribution in [3.05, 3.63) is 29.8 Å². The second kappa shape index (κ2) is 5.75. The molecule has 0 aliphatic heterocycles. The van der Waals surface area contributed by atoms with Gasteiger partial charge >= 0.3 is 0 Å². The molecule has 1 aliphatic carbocycles. The molecule has 0 spiro atoms. The molecule has 1 saturated carbocycles. The van der Waals surface area contributed by atoms with Crippen molar-refractivity contribution in [2.45, 2.75) is 51.5 Å². The van der Waals surface area contributed by atoms with Crippen LogP contribution in [0.2, 0.25) is 0 Å². The molecule has 2 rings (SSSR count). The Hall–Kier alpha value is -1.02. The Kier molecular flexibility index (Phi) is 4.28. The molecule has 0 radical (unpaired) electrons. The maximum Gasteiger partial charge on any atom is 0.119 e. The first kappa shape index (κ1) is 13.4. The minimum absolute atomic E-state index is 0.187. The molecule has 0 aromatic heterocycles. The Labute approximate surface area is 111 Å². The Morgan fingerprint density at radius 1 is 1.28 bits per heavy atom. The van der Waals surface area contributed by atoms with Crippen LogP contribution in [0, 0.1) is 0 Å². The summed E-state index contributed by atoms with van der Waals surface area (Å²) in [6.07, 6.45) is 3.79. The standard InChI is InChI=1S/C16H25NO/c1-16(2,3)13-6-4-7-15(12-13)18-11-5-10-17-14-8-9-14/h4,6-7,12,14,17H,5,8-11H2,1-3H3. The zero-order valence-electron chi connectivity index (χ0n) is 11.8. The Balaban J connectivity index is 1.74. The summed E-state index contributed by atoms with van der Waals surface area (Å²) in [5.74, 6) is 0.994. The smallest absolute Gasteiger partial charge is 0.119 e. The van der Waals surface area contributed by atoms with Crippen molar-refractivity contribution in [1.82, 2.24) is 5.32 Å². The molecule has 1 aromatic carbocycles. The van der Waals surface area contributed by atoms with Gasteiger partial charge in [0.15, 0.2) is 0 Å². The fraction of sp³-hybridized carbons (Fsp3) is 0.625. The third-order valence-electron chi connectivity index (χ3n) is 3.30. The molecule has 1 N–H and O–H groups in total. The van der Waals surface area contributed by atoms with Crippen molar-refractivity contribution in [3.8, 4) is 5.75 Å². The molecule has 0 unspecified atom stereocenters. The van der Waals surface area contributed by atoms with Gasteiger partial charge in [0.05, 0.1) is 6.61 Å². The molecule has 1 aliphatic rings. The van der Waals surface area contributed by atoms with Gasteiger partial charge in [0.25, 0.3) is 0 Å². The second-order valence-corrected chi connectivity index (χ2v) is 6.21. The third kappa shape index (κ3) is 4.34. The van der Waals surface area contributed by atoms with Gasteiger partial charge in [0.2, 0.25) is 0 Å². The van der Waals surface area contributed by atoms with Gasteiger partial charge in [-0.15, -0.1) is 0 Å². The van der Waals surface area contributed by atoms with Crippen LogP contribution < -0.4 is 10.1 Å². The Bertz CT molecular complexity index is 377. The fourth-order valence-electron chi connectivity index (χ4n) is 1.91. The molecule has 0 saturated heterocycles. The molecule has 0 amide bonds. The van der Waals surface area contributed by atoms with E-state index in [0.717, 1.165) is 31.4 Å². The van der Waals surface area contributed by atoms with E-state index < -0.39 is 0 Å². The predicted molar refractivity (Wildman–Crippen MR) is 76.3 cm³/mol. The lowest BCUT2D eigenvalue weighted by Crippen LogP contribution is -2.19. The van der Waals surface area contributed by atoms with Gasteiger partial charge in [-0.05, 0) is 48.9 Å². The van der Waals surface area contributed by atoms with Crippen molar-refractivity contribution in [2.24, 2.45) is 0 Å². The van der Waals surface area contributed by atoms with Gasteiger partial charge in [-0.3, -0.25) is 0 Å². The average molecular weight is 247 g/mol. The molecular weight excluding hydrogens is 222 g/mol. The fourth-order valence-corrected chi connectivity index (χ4v) is 1.91. The summed E-state index contributed by atoms with van der Waals surface area (Å²) in [5.41, 5.74) is 1.52. The number of nitrogens with one attached hydrogen (secondary N) is 1. The molecule has 0 atom stereocenters. The first-order valence-electron chi connectivity index (χ1n) is 7.02. The van der Waals surface area contributed by atoms with Crippen LogP contribution in [-0.2, 0) is 5.41 Å². The molecule has 0 bridgehead atoms. The molecule has 18 heavy (non-hydrogen) atoms. The van der Waals surface area contributed by atoms with E-state index in [9.17, 15) is 0 Å². The highest BCUT2D eigenvalue weighted by atomic mass is 16.5. The lowest BCUT2D eigenvalue weighted by molar-refractivity contribution is 0.307. The van der Waals surface area contributed by atoms with Crippen LogP contribution in [-0.4, -0.2) is 19.2 Å². The summed E-state index contributed by atoms with van der Waals surface area (Å²) in [5, 5.41) is 3.50. The van der Waals surface area contributed by atoms with Gasteiger partial charge in [-0.25, -0.2) is 0 Å². The van der Waals surface area contributed by atoms with Crippen molar-refractivity contribution in [2.75, 3.05) is 13.2 Å². The summed E-state index contributed by atoms with van der Waals surface area (Å²) in [4.78, 5) is 0. The molecule has 1 aromatic rings. The quantitative estimate of drug-likeness (QED) is 0.777. The summed E-state index contributed by atoms with van der Waals surface area (Å²) in [6, 6.07) is 9.26. The third-order valence-corrected chi connectivity index (χ3v) is 3.30. The van der Waals surface area contributed by atoms with Crippen LogP contribution in [0.25, 0.3) is 0 Å². The van der Waals surface area contributed by atoms with Crippen LogP contribution in [0.4, 0.5) is 0 Å². The lowest BCUT2D eigenvalue weighted by atomic mass is 9.87. The second-order valence-electron chi connectivity index (χ2n) is 6.21. The van der Waals surface area contributed by atoms with Crippen molar-refractivity contribution >= 4 is 0 Å². The maximum atomic E-state index is 5.80. The number of rotatable bonds is 6. The van der Waals surface area contributed by atoms with E-state index in [0.29, 0.717) is 0 Å². The largest absolute Gasteiger partial charge is 0.494 e. The van der Waals surface area contributed by atoms with E-state index in [1.807, 2.05) is 6.07 Å². The number of hydrogen-bond donors (Lipinski definition) is 1. The minimum Gasteiger partial charge on any atom is -0.494 e. The SMILES string of the molecule is CC(C)(C)c1cccc(OCCCNC2CC2)c1. The first-order chi connectivity index (χ1) is 8.55. The monoisotopic (exact) mass is 247 g/mol. The van der Waals surface area contributed by atoms with Gasteiger partial charge in [0.1, 0.15) is 5.75 Å². The summed E-state index contributed by atoms with van der Waals surface area (Å²) < 4.78 is 5.80. The highest BCUT2D eigenvalue weighted by Crippen LogP contribution is 2.25. The summed E-state index contributed by atoms with van der Waals surface area (Å²) in [6.45, 7) is 8.56. The van der Waals surface area contributed by atoms with E-state index in [1.165, 1.54) is 18.4 Å². The highest BCUT2D eigenvalue weighted by molar-refractivity contribution is 5.32. The number of ether oxygens (including phenoxy) is 1.